The lowest BCUT2D eigenvalue weighted by Gasteiger charge is -2.21. The topological polar surface area (TPSA) is 86.7 Å². The van der Waals surface area contributed by atoms with Crippen LogP contribution in [-0.4, -0.2) is 47.3 Å². The Morgan fingerprint density at radius 3 is 2.17 bits per heavy atom. The first-order valence-corrected chi connectivity index (χ1v) is 13.4. The van der Waals surface area contributed by atoms with Crippen molar-refractivity contribution in [3.05, 3.63) is 96.1 Å². The predicted molar refractivity (Wildman–Crippen MR) is 145 cm³/mol. The van der Waals surface area contributed by atoms with Gasteiger partial charge in [-0.05, 0) is 47.4 Å². The van der Waals surface area contributed by atoms with E-state index in [-0.39, 0.29) is 6.54 Å². The molecule has 2 N–H and O–H groups in total. The van der Waals surface area contributed by atoms with Gasteiger partial charge >= 0.3 is 12.0 Å². The maximum Gasteiger partial charge on any atom is 0.324 e. The molecule has 0 saturated heterocycles. The number of carboxylic acids is 1. The number of hydrogen-bond donors (Lipinski definition) is 2. The molecule has 1 saturated carbocycles. The number of thioether (sulfide) groups is 1. The molecule has 3 aromatic carbocycles. The van der Waals surface area contributed by atoms with E-state index < -0.39 is 24.5 Å². The smallest absolute Gasteiger partial charge is 0.324 e. The minimum atomic E-state index is -1.15. The van der Waals surface area contributed by atoms with Crippen LogP contribution in [0.1, 0.15) is 35.2 Å². The van der Waals surface area contributed by atoms with Gasteiger partial charge in [0, 0.05) is 17.9 Å². The van der Waals surface area contributed by atoms with Crippen LogP contribution in [0.2, 0.25) is 0 Å². The molecule has 0 bridgehead atoms. The standard InChI is InChI=1S/C21H22N2O4.C8H10S/c24-19(25)14-22-21(27)23(12-11-15-9-10-15)20(26)18-8-4-7-17(13-18)16-5-2-1-3-6-16;1-9-7-8-5-3-2-4-6-8/h1-8,13,15H,9-12,14H2,(H,22,27)(H,24,25);2-6H,7H2,1H3. The number of urea groups is 1. The van der Waals surface area contributed by atoms with Crippen molar-refractivity contribution in [1.82, 2.24) is 10.2 Å². The fraction of sp³-hybridized carbons (Fsp3) is 0.276. The van der Waals surface area contributed by atoms with E-state index in [0.29, 0.717) is 11.5 Å². The van der Waals surface area contributed by atoms with Crippen molar-refractivity contribution in [3.8, 4) is 11.1 Å². The number of carbonyl (C=O) groups is 3. The Kier molecular flexibility index (Phi) is 10.6. The summed E-state index contributed by atoms with van der Waals surface area (Å²) in [5.74, 6) is 0.101. The van der Waals surface area contributed by atoms with E-state index in [1.165, 1.54) is 5.56 Å². The van der Waals surface area contributed by atoms with Crippen LogP contribution < -0.4 is 5.32 Å². The van der Waals surface area contributed by atoms with Crippen LogP contribution in [0, 0.1) is 5.92 Å². The highest BCUT2D eigenvalue weighted by molar-refractivity contribution is 7.97. The summed E-state index contributed by atoms with van der Waals surface area (Å²) in [7, 11) is 0. The average molecular weight is 505 g/mol. The van der Waals surface area contributed by atoms with Crippen LogP contribution in [0.4, 0.5) is 4.79 Å². The molecule has 6 nitrogen and oxygen atoms in total. The van der Waals surface area contributed by atoms with Gasteiger partial charge in [0.05, 0.1) is 0 Å². The third kappa shape index (κ3) is 8.89. The zero-order valence-electron chi connectivity index (χ0n) is 20.4. The highest BCUT2D eigenvalue weighted by Crippen LogP contribution is 2.32. The molecule has 4 rings (SSSR count). The molecule has 7 heteroatoms. The zero-order chi connectivity index (χ0) is 25.8. The number of nitrogens with zero attached hydrogens (tertiary/aromatic N) is 1. The molecule has 1 aliphatic rings. The Morgan fingerprint density at radius 2 is 1.56 bits per heavy atom. The molecule has 188 valence electrons. The Bertz CT molecular complexity index is 1130. The van der Waals surface area contributed by atoms with Crippen molar-refractivity contribution in [3.63, 3.8) is 0 Å². The normalized spacial score (nSPS) is 12.1. The van der Waals surface area contributed by atoms with E-state index in [2.05, 4.69) is 35.8 Å². The van der Waals surface area contributed by atoms with Gasteiger partial charge in [0.1, 0.15) is 6.54 Å². The summed E-state index contributed by atoms with van der Waals surface area (Å²) < 4.78 is 0. The van der Waals surface area contributed by atoms with Gasteiger partial charge in [-0.2, -0.15) is 11.8 Å². The fourth-order valence-corrected chi connectivity index (χ4v) is 4.15. The Hall–Kier alpha value is -3.58. The molecule has 0 aliphatic heterocycles. The quantitative estimate of drug-likeness (QED) is 0.377. The number of benzene rings is 3. The second-order valence-corrected chi connectivity index (χ2v) is 9.47. The van der Waals surface area contributed by atoms with E-state index in [1.54, 1.807) is 18.2 Å². The minimum Gasteiger partial charge on any atom is -0.480 e. The fourth-order valence-electron chi connectivity index (χ4n) is 3.62. The van der Waals surface area contributed by atoms with Crippen LogP contribution in [0.15, 0.2) is 84.9 Å². The lowest BCUT2D eigenvalue weighted by atomic mass is 10.0. The molecule has 36 heavy (non-hydrogen) atoms. The van der Waals surface area contributed by atoms with Crippen LogP contribution >= 0.6 is 11.8 Å². The van der Waals surface area contributed by atoms with Gasteiger partial charge < -0.3 is 10.4 Å². The highest BCUT2D eigenvalue weighted by atomic mass is 32.2. The van der Waals surface area contributed by atoms with Gasteiger partial charge in [-0.25, -0.2) is 4.79 Å². The number of aliphatic carboxylic acids is 1. The molecule has 0 unspecified atom stereocenters. The summed E-state index contributed by atoms with van der Waals surface area (Å²) in [4.78, 5) is 37.2. The van der Waals surface area contributed by atoms with Crippen LogP contribution in [0.5, 0.6) is 0 Å². The van der Waals surface area contributed by atoms with Crippen molar-refractivity contribution < 1.29 is 19.5 Å². The van der Waals surface area contributed by atoms with Gasteiger partial charge in [-0.1, -0.05) is 85.6 Å². The first-order valence-electron chi connectivity index (χ1n) is 12.0. The largest absolute Gasteiger partial charge is 0.480 e. The summed E-state index contributed by atoms with van der Waals surface area (Å²) in [6.07, 6.45) is 5.09. The molecule has 0 spiro atoms. The Labute approximate surface area is 216 Å². The zero-order valence-corrected chi connectivity index (χ0v) is 21.2. The summed E-state index contributed by atoms with van der Waals surface area (Å²) in [6.45, 7) is -0.236. The first kappa shape index (κ1) is 27.0. The molecule has 0 aromatic heterocycles. The molecule has 1 fully saturated rings. The summed E-state index contributed by atoms with van der Waals surface area (Å²) in [6, 6.07) is 26.6. The minimum absolute atomic E-state index is 0.282. The average Bonchev–Trinajstić information content (AvgIpc) is 3.74. The highest BCUT2D eigenvalue weighted by Gasteiger charge is 2.27. The number of carbonyl (C=O) groups excluding carboxylic acids is 2. The van der Waals surface area contributed by atoms with Crippen molar-refractivity contribution in [2.24, 2.45) is 5.92 Å². The number of carboxylic acid groups (broad SMARTS) is 1. The van der Waals surface area contributed by atoms with E-state index in [0.717, 1.165) is 41.0 Å². The molecule has 0 atom stereocenters. The Morgan fingerprint density at radius 1 is 0.917 bits per heavy atom. The summed E-state index contributed by atoms with van der Waals surface area (Å²) >= 11 is 1.85. The molecular weight excluding hydrogens is 472 g/mol. The number of rotatable bonds is 9. The molecule has 3 amide bonds. The maximum atomic E-state index is 13.0. The molecule has 1 aliphatic carbocycles. The van der Waals surface area contributed by atoms with E-state index in [1.807, 2.05) is 54.2 Å². The van der Waals surface area contributed by atoms with Crippen molar-refractivity contribution in [2.75, 3.05) is 19.3 Å². The molecule has 0 radical (unpaired) electrons. The van der Waals surface area contributed by atoms with Crippen LogP contribution in [0.3, 0.4) is 0 Å². The monoisotopic (exact) mass is 504 g/mol. The third-order valence-electron chi connectivity index (χ3n) is 5.71. The first-order chi connectivity index (χ1) is 17.5. The lowest BCUT2D eigenvalue weighted by Crippen LogP contribution is -2.46. The maximum absolute atomic E-state index is 13.0. The lowest BCUT2D eigenvalue weighted by molar-refractivity contribution is -0.135. The molecule has 0 heterocycles. The van der Waals surface area contributed by atoms with E-state index in [4.69, 9.17) is 5.11 Å². The number of nitrogens with one attached hydrogen (secondary N) is 1. The van der Waals surface area contributed by atoms with Gasteiger partial charge in [-0.3, -0.25) is 14.5 Å². The van der Waals surface area contributed by atoms with E-state index in [9.17, 15) is 14.4 Å². The summed E-state index contributed by atoms with van der Waals surface area (Å²) in [5, 5.41) is 11.1. The Balaban J connectivity index is 0.000000338. The van der Waals surface area contributed by atoms with Crippen LogP contribution in [-0.2, 0) is 10.5 Å². The van der Waals surface area contributed by atoms with E-state index >= 15 is 0 Å². The number of hydrogen-bond acceptors (Lipinski definition) is 4. The summed E-state index contributed by atoms with van der Waals surface area (Å²) in [5.41, 5.74) is 3.67. The molecule has 3 aromatic rings. The van der Waals surface area contributed by atoms with Gasteiger partial charge in [-0.15, -0.1) is 0 Å². The predicted octanol–water partition coefficient (Wildman–Crippen LogP) is 5.94. The van der Waals surface area contributed by atoms with Crippen molar-refractivity contribution >= 4 is 29.7 Å². The number of imide groups is 1. The SMILES string of the molecule is CSCc1ccccc1.O=C(O)CNC(=O)N(CCC1CC1)C(=O)c1cccc(-c2ccccc2)c1. The van der Waals surface area contributed by atoms with Crippen molar-refractivity contribution in [2.45, 2.75) is 25.0 Å². The second-order valence-electron chi connectivity index (χ2n) is 8.61. The molecular formula is C29H32N2O4S. The second kappa shape index (κ2) is 14.1. The van der Waals surface area contributed by atoms with Crippen LogP contribution in [0.25, 0.3) is 11.1 Å². The number of amides is 3. The third-order valence-corrected chi connectivity index (χ3v) is 6.33. The van der Waals surface area contributed by atoms with Gasteiger partial charge in [0.25, 0.3) is 5.91 Å². The van der Waals surface area contributed by atoms with Gasteiger partial charge in [0.2, 0.25) is 0 Å². The van der Waals surface area contributed by atoms with Gasteiger partial charge in [0.15, 0.2) is 0 Å². The van der Waals surface area contributed by atoms with Crippen molar-refractivity contribution in [1.29, 1.82) is 0 Å².